The number of rotatable bonds is 12. The van der Waals surface area contributed by atoms with Gasteiger partial charge in [-0.3, -0.25) is 15.0 Å². The summed E-state index contributed by atoms with van der Waals surface area (Å²) in [6.07, 6.45) is 0. The fraction of sp³-hybridized carbons (Fsp3) is 0.232. The van der Waals surface area contributed by atoms with Crippen LogP contribution < -0.4 is 30.5 Å². The zero-order chi connectivity index (χ0) is 46.1. The molecular formula is C56H53N5O5. The van der Waals surface area contributed by atoms with Gasteiger partial charge >= 0.3 is 5.63 Å². The molecule has 0 radical (unpaired) electrons. The quantitative estimate of drug-likeness (QED) is 0.0957. The van der Waals surface area contributed by atoms with Gasteiger partial charge in [0.25, 0.3) is 11.8 Å². The van der Waals surface area contributed by atoms with Crippen LogP contribution in [-0.2, 0) is 5.54 Å². The number of carbonyl (C=O) groups excluding carboxylic acids is 2. The number of carbonyl (C=O) groups is 2. The third-order valence-corrected chi connectivity index (χ3v) is 13.0. The summed E-state index contributed by atoms with van der Waals surface area (Å²) < 4.78 is 12.7. The molecule has 0 atom stereocenters. The van der Waals surface area contributed by atoms with Gasteiger partial charge in [-0.1, -0.05) is 54.3 Å². The number of hydrogen-bond donors (Lipinski definition) is 1. The number of nitrogens with one attached hydrogen (secondary N) is 1. The summed E-state index contributed by atoms with van der Waals surface area (Å²) in [5.74, 6) is 7.08. The molecule has 0 bridgehead atoms. The first-order valence-electron chi connectivity index (χ1n) is 22.9. The van der Waals surface area contributed by atoms with E-state index in [9.17, 15) is 14.4 Å². The molecule has 1 aromatic heterocycles. The highest BCUT2D eigenvalue weighted by molar-refractivity contribution is 6.05. The summed E-state index contributed by atoms with van der Waals surface area (Å²) in [5, 5.41) is 2.34. The van der Waals surface area contributed by atoms with Crippen LogP contribution in [0.5, 0.6) is 11.5 Å². The first-order chi connectivity index (χ1) is 32.1. The first kappa shape index (κ1) is 43.5. The minimum Gasteiger partial charge on any atom is -0.456 e. The van der Waals surface area contributed by atoms with Crippen molar-refractivity contribution in [2.45, 2.75) is 47.1 Å². The summed E-state index contributed by atoms with van der Waals surface area (Å²) in [6.45, 7) is 17.6. The van der Waals surface area contributed by atoms with Crippen LogP contribution >= 0.6 is 0 Å². The van der Waals surface area contributed by atoms with E-state index in [1.165, 1.54) is 5.01 Å². The van der Waals surface area contributed by atoms with Crippen molar-refractivity contribution in [1.29, 1.82) is 0 Å². The van der Waals surface area contributed by atoms with Gasteiger partial charge in [0.1, 0.15) is 22.6 Å². The lowest BCUT2D eigenvalue weighted by Crippen LogP contribution is -2.56. The minimum atomic E-state index is -1.34. The zero-order valence-corrected chi connectivity index (χ0v) is 38.3. The largest absolute Gasteiger partial charge is 0.456 e. The Morgan fingerprint density at radius 3 is 1.71 bits per heavy atom. The van der Waals surface area contributed by atoms with E-state index in [1.54, 1.807) is 30.3 Å². The lowest BCUT2D eigenvalue weighted by molar-refractivity contribution is 0.0447. The lowest BCUT2D eigenvalue weighted by Gasteiger charge is -2.44. The second-order valence-electron chi connectivity index (χ2n) is 16.4. The van der Waals surface area contributed by atoms with E-state index >= 15 is 0 Å². The Bertz CT molecular complexity index is 3040. The molecule has 2 aliphatic rings. The Balaban J connectivity index is 1.15. The predicted octanol–water partition coefficient (Wildman–Crippen LogP) is 10.6. The smallest absolute Gasteiger partial charge is 0.344 e. The van der Waals surface area contributed by atoms with Gasteiger partial charge in [-0.15, -0.1) is 0 Å². The Hall–Kier alpha value is -7.77. The Labute approximate surface area is 386 Å². The summed E-state index contributed by atoms with van der Waals surface area (Å²) in [7, 11) is 0. The first-order valence-corrected chi connectivity index (χ1v) is 22.9. The minimum absolute atomic E-state index is 0.355. The normalized spacial score (nSPS) is 13.0. The maximum atomic E-state index is 15.0. The van der Waals surface area contributed by atoms with Crippen molar-refractivity contribution < 1.29 is 18.7 Å². The summed E-state index contributed by atoms with van der Waals surface area (Å²) >= 11 is 0. The molecule has 10 heteroatoms. The Morgan fingerprint density at radius 1 is 0.576 bits per heavy atom. The molecule has 0 fully saturated rings. The van der Waals surface area contributed by atoms with Crippen LogP contribution in [-0.4, -0.2) is 56.1 Å². The van der Waals surface area contributed by atoms with Crippen molar-refractivity contribution in [3.63, 3.8) is 0 Å². The maximum Gasteiger partial charge on any atom is 0.344 e. The molecule has 3 heterocycles. The molecule has 2 amide bonds. The van der Waals surface area contributed by atoms with E-state index in [-0.39, 0.29) is 5.91 Å². The van der Waals surface area contributed by atoms with Crippen LogP contribution in [0.15, 0.2) is 143 Å². The van der Waals surface area contributed by atoms with Gasteiger partial charge in [-0.2, -0.15) is 0 Å². The molecule has 1 N–H and O–H groups in total. The highest BCUT2D eigenvalue weighted by Gasteiger charge is 2.57. The van der Waals surface area contributed by atoms with Gasteiger partial charge in [0, 0.05) is 119 Å². The molecule has 6 aromatic carbocycles. The van der Waals surface area contributed by atoms with Gasteiger partial charge in [0.2, 0.25) is 0 Å². The van der Waals surface area contributed by atoms with E-state index in [1.807, 2.05) is 84.9 Å². The lowest BCUT2D eigenvalue weighted by atomic mass is 9.74. The molecule has 1 spiro atoms. The molecule has 0 saturated heterocycles. The van der Waals surface area contributed by atoms with Crippen LogP contribution in [0.1, 0.15) is 90.1 Å². The van der Waals surface area contributed by atoms with Crippen molar-refractivity contribution in [2.24, 2.45) is 0 Å². The molecule has 332 valence electrons. The van der Waals surface area contributed by atoms with Crippen LogP contribution in [0.25, 0.3) is 22.1 Å². The molecule has 2 aliphatic heterocycles. The highest BCUT2D eigenvalue weighted by Crippen LogP contribution is 2.58. The van der Waals surface area contributed by atoms with Crippen molar-refractivity contribution in [1.82, 2.24) is 10.4 Å². The third kappa shape index (κ3) is 7.50. The number of anilines is 3. The van der Waals surface area contributed by atoms with Crippen LogP contribution in [0.4, 0.5) is 17.1 Å². The number of nitrogens with zero attached hydrogens (tertiary/aromatic N) is 4. The number of amides is 2. The topological polar surface area (TPSA) is 98.6 Å². The fourth-order valence-corrected chi connectivity index (χ4v) is 9.51. The highest BCUT2D eigenvalue weighted by atomic mass is 16.5. The molecular weight excluding hydrogens is 823 g/mol. The van der Waals surface area contributed by atoms with Crippen molar-refractivity contribution in [2.75, 3.05) is 54.0 Å². The standard InChI is InChI=1S/C56H53N5O5/c1-7-58(8-2)42-26-25-41-33-46(55(64)66-50(41)34-42)39-23-20-37(21-24-39)18-19-38-22-29-45-49(32-38)56(61(54(45)63)57-53(62)40-16-14-13-15-17-40)47-30-27-43(59(9-3)10-4)35-51(47)65-52-36-44(28-31-48(52)56)60(11-5)12-6/h13-17,20-36H,7-12H2,1-6H3,(H,57,62). The SMILES string of the molecule is CCN(CC)c1ccc2c(c1)Oc1cc(N(CC)CC)ccc1C21c2cc(C#Cc3ccc(-c4cc5ccc(N(CC)CC)cc5oc4=O)cc3)ccc2C(=O)N1NC(=O)c1ccccc1. The van der Waals surface area contributed by atoms with Gasteiger partial charge in [0.15, 0.2) is 0 Å². The molecule has 0 saturated carbocycles. The Kier molecular flexibility index (Phi) is 11.9. The Morgan fingerprint density at radius 2 is 1.12 bits per heavy atom. The molecule has 66 heavy (non-hydrogen) atoms. The molecule has 0 unspecified atom stereocenters. The number of fused-ring (bicyclic) bond motifs is 7. The fourth-order valence-electron chi connectivity index (χ4n) is 9.51. The maximum absolute atomic E-state index is 15.0. The average molecular weight is 876 g/mol. The predicted molar refractivity (Wildman–Crippen MR) is 264 cm³/mol. The zero-order valence-electron chi connectivity index (χ0n) is 38.3. The number of hydrazine groups is 1. The van der Waals surface area contributed by atoms with Gasteiger partial charge in [-0.25, -0.2) is 9.80 Å². The van der Waals surface area contributed by atoms with Gasteiger partial charge in [0.05, 0.1) is 5.56 Å². The number of ether oxygens (including phenoxy) is 1. The third-order valence-electron chi connectivity index (χ3n) is 13.0. The van der Waals surface area contributed by atoms with Gasteiger partial charge < -0.3 is 23.9 Å². The summed E-state index contributed by atoms with van der Waals surface area (Å²) in [6, 6.07) is 42.1. The summed E-state index contributed by atoms with van der Waals surface area (Å²) in [4.78, 5) is 49.1. The van der Waals surface area contributed by atoms with Crippen molar-refractivity contribution >= 4 is 39.8 Å². The van der Waals surface area contributed by atoms with Crippen LogP contribution in [0, 0.1) is 11.8 Å². The molecule has 0 aliphatic carbocycles. The van der Waals surface area contributed by atoms with Crippen LogP contribution in [0.2, 0.25) is 0 Å². The van der Waals surface area contributed by atoms with E-state index in [2.05, 4.69) is 91.7 Å². The van der Waals surface area contributed by atoms with E-state index in [4.69, 9.17) is 9.15 Å². The number of benzene rings is 6. The van der Waals surface area contributed by atoms with Crippen LogP contribution in [0.3, 0.4) is 0 Å². The second-order valence-corrected chi connectivity index (χ2v) is 16.4. The van der Waals surface area contributed by atoms with E-state index in [0.29, 0.717) is 56.0 Å². The van der Waals surface area contributed by atoms with E-state index < -0.39 is 17.1 Å². The van der Waals surface area contributed by atoms with Crippen molar-refractivity contribution in [3.8, 4) is 34.5 Å². The monoisotopic (exact) mass is 875 g/mol. The van der Waals surface area contributed by atoms with Crippen molar-refractivity contribution in [3.05, 3.63) is 183 Å². The number of hydrogen-bond acceptors (Lipinski definition) is 8. The second kappa shape index (κ2) is 18.0. The van der Waals surface area contributed by atoms with Gasteiger partial charge in [-0.05, 0) is 120 Å². The molecule has 7 aromatic rings. The molecule has 10 nitrogen and oxygen atoms in total. The van der Waals surface area contributed by atoms with E-state index in [0.717, 1.165) is 72.8 Å². The summed E-state index contributed by atoms with van der Waals surface area (Å²) in [5.41, 5.74) is 10.4. The molecule has 9 rings (SSSR count). The average Bonchev–Trinajstić information content (AvgIpc) is 3.58.